The van der Waals surface area contributed by atoms with Gasteiger partial charge in [0.15, 0.2) is 5.78 Å². The Labute approximate surface area is 108 Å². The number of hydrogen-bond donors (Lipinski definition) is 0. The van der Waals surface area contributed by atoms with Crippen LogP contribution in [0.5, 0.6) is 0 Å². The molecule has 0 radical (unpaired) electrons. The van der Waals surface area contributed by atoms with Gasteiger partial charge in [0.25, 0.3) is 0 Å². The number of hydrogen-bond acceptors (Lipinski definition) is 2. The van der Waals surface area contributed by atoms with Crippen molar-refractivity contribution in [2.24, 2.45) is 10.9 Å². The standard InChI is InChI=1S/C13H13BrFNO/c1-7(2)13-11(17)5-9-10(16-13)4-3-8(6-14)12(9)15/h3-4,7H,5-6H2,1-2H3. The summed E-state index contributed by atoms with van der Waals surface area (Å²) in [5, 5.41) is 0.445. The Morgan fingerprint density at radius 2 is 2.18 bits per heavy atom. The Bertz CT molecular complexity index is 508. The van der Waals surface area contributed by atoms with Crippen LogP contribution in [0.2, 0.25) is 0 Å². The minimum absolute atomic E-state index is 0.0712. The average Bonchev–Trinajstić information content (AvgIpc) is 2.29. The molecule has 0 spiro atoms. The monoisotopic (exact) mass is 297 g/mol. The Kier molecular flexibility index (Phi) is 3.43. The van der Waals surface area contributed by atoms with Crippen molar-refractivity contribution in [2.75, 3.05) is 0 Å². The van der Waals surface area contributed by atoms with Crippen molar-refractivity contribution in [3.8, 4) is 0 Å². The second-order valence-electron chi connectivity index (χ2n) is 4.42. The zero-order chi connectivity index (χ0) is 12.6. The number of rotatable bonds is 2. The summed E-state index contributed by atoms with van der Waals surface area (Å²) >= 11 is 3.23. The number of aliphatic imine (C=N–C) groups is 1. The highest BCUT2D eigenvalue weighted by atomic mass is 79.9. The normalized spacial score (nSPS) is 14.9. The predicted molar refractivity (Wildman–Crippen MR) is 69.7 cm³/mol. The van der Waals surface area contributed by atoms with Crippen LogP contribution in [0.15, 0.2) is 17.1 Å². The number of carbonyl (C=O) groups excluding carboxylic acids is 1. The molecule has 0 aliphatic carbocycles. The van der Waals surface area contributed by atoms with Crippen molar-refractivity contribution in [2.45, 2.75) is 25.6 Å². The van der Waals surface area contributed by atoms with Gasteiger partial charge in [-0.3, -0.25) is 4.79 Å². The molecule has 2 rings (SSSR count). The van der Waals surface area contributed by atoms with Crippen molar-refractivity contribution in [1.82, 2.24) is 0 Å². The topological polar surface area (TPSA) is 29.4 Å². The van der Waals surface area contributed by atoms with Crippen LogP contribution < -0.4 is 0 Å². The Morgan fingerprint density at radius 3 is 2.76 bits per heavy atom. The molecule has 1 aliphatic heterocycles. The van der Waals surface area contributed by atoms with Gasteiger partial charge in [-0.25, -0.2) is 9.38 Å². The maximum atomic E-state index is 14.0. The smallest absolute Gasteiger partial charge is 0.181 e. The molecular formula is C13H13BrFNO. The van der Waals surface area contributed by atoms with E-state index in [0.29, 0.717) is 27.9 Å². The third kappa shape index (κ3) is 2.18. The van der Waals surface area contributed by atoms with Crippen LogP contribution in [0, 0.1) is 11.7 Å². The van der Waals surface area contributed by atoms with Crippen LogP contribution in [-0.2, 0) is 16.5 Å². The van der Waals surface area contributed by atoms with E-state index in [2.05, 4.69) is 20.9 Å². The lowest BCUT2D eigenvalue weighted by Gasteiger charge is -2.18. The van der Waals surface area contributed by atoms with Gasteiger partial charge in [0.05, 0.1) is 11.4 Å². The lowest BCUT2D eigenvalue weighted by Crippen LogP contribution is -2.25. The Balaban J connectivity index is 2.56. The molecule has 0 unspecified atom stereocenters. The van der Waals surface area contributed by atoms with E-state index in [1.54, 1.807) is 12.1 Å². The van der Waals surface area contributed by atoms with E-state index in [4.69, 9.17) is 0 Å². The molecule has 1 aromatic carbocycles. The molecule has 0 saturated heterocycles. The van der Waals surface area contributed by atoms with Gasteiger partial charge < -0.3 is 0 Å². The molecule has 17 heavy (non-hydrogen) atoms. The van der Waals surface area contributed by atoms with Gasteiger partial charge in [0, 0.05) is 17.3 Å². The Hall–Kier alpha value is -1.03. The highest BCUT2D eigenvalue weighted by Gasteiger charge is 2.25. The van der Waals surface area contributed by atoms with Crippen molar-refractivity contribution >= 4 is 33.1 Å². The van der Waals surface area contributed by atoms with Gasteiger partial charge >= 0.3 is 0 Å². The number of alkyl halides is 1. The van der Waals surface area contributed by atoms with Crippen molar-refractivity contribution < 1.29 is 9.18 Å². The zero-order valence-corrected chi connectivity index (χ0v) is 11.3. The number of nitrogens with zero attached hydrogens (tertiary/aromatic N) is 1. The average molecular weight is 298 g/mol. The van der Waals surface area contributed by atoms with Crippen LogP contribution in [0.3, 0.4) is 0 Å². The summed E-state index contributed by atoms with van der Waals surface area (Å²) < 4.78 is 14.0. The summed E-state index contributed by atoms with van der Waals surface area (Å²) in [4.78, 5) is 16.1. The third-order valence-electron chi connectivity index (χ3n) is 2.85. The molecule has 2 nitrogen and oxygen atoms in total. The highest BCUT2D eigenvalue weighted by molar-refractivity contribution is 9.08. The number of benzene rings is 1. The molecule has 0 aromatic heterocycles. The van der Waals surface area contributed by atoms with E-state index in [1.807, 2.05) is 13.8 Å². The van der Waals surface area contributed by atoms with Crippen LogP contribution in [0.4, 0.5) is 10.1 Å². The molecule has 90 valence electrons. The third-order valence-corrected chi connectivity index (χ3v) is 3.46. The van der Waals surface area contributed by atoms with E-state index < -0.39 is 0 Å². The number of Topliss-reactive ketones (excluding diaryl/α,β-unsaturated/α-hetero) is 1. The molecule has 0 N–H and O–H groups in total. The predicted octanol–water partition coefficient (Wildman–Crippen LogP) is 3.57. The first-order chi connectivity index (χ1) is 8.04. The molecule has 1 aromatic rings. The van der Waals surface area contributed by atoms with Gasteiger partial charge in [-0.2, -0.15) is 0 Å². The maximum Gasteiger partial charge on any atom is 0.181 e. The van der Waals surface area contributed by atoms with Gasteiger partial charge in [-0.1, -0.05) is 35.8 Å². The highest BCUT2D eigenvalue weighted by Crippen LogP contribution is 2.30. The molecule has 1 heterocycles. The van der Waals surface area contributed by atoms with Crippen LogP contribution in [0.25, 0.3) is 0 Å². The molecule has 0 atom stereocenters. The molecule has 1 aliphatic rings. The fourth-order valence-corrected chi connectivity index (χ4v) is 2.36. The fraction of sp³-hybridized carbons (Fsp3) is 0.385. The van der Waals surface area contributed by atoms with Crippen molar-refractivity contribution in [1.29, 1.82) is 0 Å². The first-order valence-electron chi connectivity index (χ1n) is 5.52. The second kappa shape index (κ2) is 4.69. The van der Waals surface area contributed by atoms with Crippen LogP contribution >= 0.6 is 15.9 Å². The van der Waals surface area contributed by atoms with Gasteiger partial charge in [-0.15, -0.1) is 0 Å². The summed E-state index contributed by atoms with van der Waals surface area (Å²) in [5.74, 6) is -0.299. The van der Waals surface area contributed by atoms with Gasteiger partial charge in [-0.05, 0) is 17.5 Å². The van der Waals surface area contributed by atoms with Crippen LogP contribution in [0.1, 0.15) is 25.0 Å². The quantitative estimate of drug-likeness (QED) is 0.767. The summed E-state index contributed by atoms with van der Waals surface area (Å²) in [7, 11) is 0. The SMILES string of the molecule is CC(C)C1=Nc2ccc(CBr)c(F)c2CC1=O. The minimum atomic E-state index is -0.306. The van der Waals surface area contributed by atoms with Crippen molar-refractivity contribution in [3.63, 3.8) is 0 Å². The largest absolute Gasteiger partial charge is 0.292 e. The molecule has 4 heteroatoms. The molecule has 0 saturated carbocycles. The minimum Gasteiger partial charge on any atom is -0.292 e. The van der Waals surface area contributed by atoms with E-state index in [-0.39, 0.29) is 23.9 Å². The molecule has 0 fully saturated rings. The van der Waals surface area contributed by atoms with Gasteiger partial charge in [0.1, 0.15) is 5.82 Å². The summed E-state index contributed by atoms with van der Waals surface area (Å²) in [6.07, 6.45) is 0.124. The number of carbonyl (C=O) groups is 1. The second-order valence-corrected chi connectivity index (χ2v) is 4.98. The lowest BCUT2D eigenvalue weighted by atomic mass is 9.93. The van der Waals surface area contributed by atoms with E-state index in [0.717, 1.165) is 0 Å². The summed E-state index contributed by atoms with van der Waals surface area (Å²) in [6, 6.07) is 3.49. The van der Waals surface area contributed by atoms with E-state index >= 15 is 0 Å². The summed E-state index contributed by atoms with van der Waals surface area (Å²) in [6.45, 7) is 3.84. The molecule has 0 bridgehead atoms. The van der Waals surface area contributed by atoms with Crippen molar-refractivity contribution in [3.05, 3.63) is 29.1 Å². The fourth-order valence-electron chi connectivity index (χ4n) is 1.93. The Morgan fingerprint density at radius 1 is 1.47 bits per heavy atom. The molecule has 0 amide bonds. The number of fused-ring (bicyclic) bond motifs is 1. The van der Waals surface area contributed by atoms with Gasteiger partial charge in [0.2, 0.25) is 0 Å². The number of ketones is 1. The zero-order valence-electron chi connectivity index (χ0n) is 9.76. The first-order valence-corrected chi connectivity index (χ1v) is 6.64. The van der Waals surface area contributed by atoms with E-state index in [9.17, 15) is 9.18 Å². The number of halogens is 2. The molecular weight excluding hydrogens is 285 g/mol. The summed E-state index contributed by atoms with van der Waals surface area (Å²) in [5.41, 5.74) is 2.13. The maximum absolute atomic E-state index is 14.0. The van der Waals surface area contributed by atoms with E-state index in [1.165, 1.54) is 0 Å². The lowest BCUT2D eigenvalue weighted by molar-refractivity contribution is -0.112. The first kappa shape index (κ1) is 12.4. The van der Waals surface area contributed by atoms with Crippen LogP contribution in [-0.4, -0.2) is 11.5 Å².